The van der Waals surface area contributed by atoms with Crippen LogP contribution in [0, 0.1) is 5.82 Å². The van der Waals surface area contributed by atoms with Crippen LogP contribution >= 0.6 is 0 Å². The summed E-state index contributed by atoms with van der Waals surface area (Å²) in [5.74, 6) is -1.28. The highest BCUT2D eigenvalue weighted by atomic mass is 19.1. The van der Waals surface area contributed by atoms with Crippen molar-refractivity contribution in [2.75, 3.05) is 13.1 Å². The van der Waals surface area contributed by atoms with Crippen molar-refractivity contribution in [1.82, 2.24) is 15.5 Å². The third-order valence-corrected chi connectivity index (χ3v) is 5.32. The average molecular weight is 411 g/mol. The standard InChI is InChI=1S/C23H26FN3O3/c1-3-6-16-9-11-18(12-10-16)23(2)21(29)27(22(30)26-23)15-20(28)25-14-13-17-7-4-5-8-19(17)24/h4-5,7-12H,3,6,13-15H2,1-2H3,(H,25,28)(H,26,30)/t23-/m1/s1. The van der Waals surface area contributed by atoms with E-state index in [1.807, 2.05) is 24.3 Å². The summed E-state index contributed by atoms with van der Waals surface area (Å²) in [5.41, 5.74) is 1.11. The fraction of sp³-hybridized carbons (Fsp3) is 0.348. The molecule has 1 aliphatic rings. The third kappa shape index (κ3) is 4.50. The summed E-state index contributed by atoms with van der Waals surface area (Å²) in [5, 5.41) is 5.34. The highest BCUT2D eigenvalue weighted by Crippen LogP contribution is 2.29. The van der Waals surface area contributed by atoms with Crippen molar-refractivity contribution in [3.63, 3.8) is 0 Å². The summed E-state index contributed by atoms with van der Waals surface area (Å²) in [6.45, 7) is 3.55. The van der Waals surface area contributed by atoms with Crippen LogP contribution in [0.5, 0.6) is 0 Å². The molecule has 0 unspecified atom stereocenters. The highest BCUT2D eigenvalue weighted by Gasteiger charge is 2.49. The van der Waals surface area contributed by atoms with Gasteiger partial charge >= 0.3 is 6.03 Å². The monoisotopic (exact) mass is 411 g/mol. The molecular weight excluding hydrogens is 385 g/mol. The quantitative estimate of drug-likeness (QED) is 0.656. The van der Waals surface area contributed by atoms with Gasteiger partial charge in [-0.05, 0) is 42.5 Å². The number of urea groups is 1. The number of carbonyl (C=O) groups is 3. The lowest BCUT2D eigenvalue weighted by molar-refractivity contribution is -0.134. The summed E-state index contributed by atoms with van der Waals surface area (Å²) in [6, 6.07) is 13.3. The predicted molar refractivity (Wildman–Crippen MR) is 111 cm³/mol. The molecule has 3 rings (SSSR count). The molecule has 0 bridgehead atoms. The van der Waals surface area contributed by atoms with E-state index in [0.29, 0.717) is 17.5 Å². The fourth-order valence-corrected chi connectivity index (χ4v) is 3.57. The van der Waals surface area contributed by atoms with Gasteiger partial charge in [-0.1, -0.05) is 55.8 Å². The van der Waals surface area contributed by atoms with Crippen LogP contribution in [0.15, 0.2) is 48.5 Å². The molecule has 1 fully saturated rings. The third-order valence-electron chi connectivity index (χ3n) is 5.32. The first-order valence-corrected chi connectivity index (χ1v) is 10.1. The van der Waals surface area contributed by atoms with E-state index < -0.39 is 23.4 Å². The molecule has 1 aliphatic heterocycles. The molecule has 1 saturated heterocycles. The van der Waals surface area contributed by atoms with E-state index in [2.05, 4.69) is 17.6 Å². The minimum absolute atomic E-state index is 0.208. The number of amides is 4. The molecule has 1 heterocycles. The largest absolute Gasteiger partial charge is 0.354 e. The molecule has 2 aromatic rings. The number of hydrogen-bond donors (Lipinski definition) is 2. The van der Waals surface area contributed by atoms with Crippen LogP contribution in [0.4, 0.5) is 9.18 Å². The maximum atomic E-state index is 13.6. The molecule has 6 nitrogen and oxygen atoms in total. The van der Waals surface area contributed by atoms with Crippen LogP contribution in [0.1, 0.15) is 37.0 Å². The second-order valence-electron chi connectivity index (χ2n) is 7.58. The highest BCUT2D eigenvalue weighted by molar-refractivity contribution is 6.09. The minimum Gasteiger partial charge on any atom is -0.354 e. The lowest BCUT2D eigenvalue weighted by atomic mass is 9.91. The van der Waals surface area contributed by atoms with Crippen LogP contribution in [0.25, 0.3) is 0 Å². The number of hydrogen-bond acceptors (Lipinski definition) is 3. The van der Waals surface area contributed by atoms with Crippen LogP contribution in [0.3, 0.4) is 0 Å². The van der Waals surface area contributed by atoms with Crippen LogP contribution in [-0.4, -0.2) is 35.8 Å². The van der Waals surface area contributed by atoms with Gasteiger partial charge in [0.25, 0.3) is 5.91 Å². The number of carbonyl (C=O) groups excluding carboxylic acids is 3. The van der Waals surface area contributed by atoms with E-state index in [-0.39, 0.29) is 18.9 Å². The number of nitrogens with one attached hydrogen (secondary N) is 2. The summed E-state index contributed by atoms with van der Waals surface area (Å²) >= 11 is 0. The molecule has 0 radical (unpaired) electrons. The van der Waals surface area contributed by atoms with Gasteiger partial charge in [-0.15, -0.1) is 0 Å². The van der Waals surface area contributed by atoms with Gasteiger partial charge in [0.1, 0.15) is 17.9 Å². The van der Waals surface area contributed by atoms with Crippen molar-refractivity contribution >= 4 is 17.8 Å². The Morgan fingerprint density at radius 1 is 1.10 bits per heavy atom. The first-order valence-electron chi connectivity index (χ1n) is 10.1. The predicted octanol–water partition coefficient (Wildman–Crippen LogP) is 2.90. The number of rotatable bonds is 8. The second-order valence-corrected chi connectivity index (χ2v) is 7.58. The van der Waals surface area contributed by atoms with Crippen LogP contribution in [-0.2, 0) is 28.0 Å². The molecule has 0 aromatic heterocycles. The molecular formula is C23H26FN3O3. The van der Waals surface area contributed by atoms with E-state index >= 15 is 0 Å². The van der Waals surface area contributed by atoms with Gasteiger partial charge in [0.05, 0.1) is 0 Å². The number of nitrogens with zero attached hydrogens (tertiary/aromatic N) is 1. The maximum absolute atomic E-state index is 13.6. The lowest BCUT2D eigenvalue weighted by Gasteiger charge is -2.22. The number of halogens is 1. The minimum atomic E-state index is -1.21. The van der Waals surface area contributed by atoms with E-state index in [4.69, 9.17) is 0 Å². The van der Waals surface area contributed by atoms with E-state index in [1.54, 1.807) is 25.1 Å². The fourth-order valence-electron chi connectivity index (χ4n) is 3.57. The van der Waals surface area contributed by atoms with Gasteiger partial charge in [0.2, 0.25) is 5.91 Å². The Morgan fingerprint density at radius 3 is 2.47 bits per heavy atom. The zero-order valence-corrected chi connectivity index (χ0v) is 17.2. The molecule has 158 valence electrons. The second kappa shape index (κ2) is 9.07. The van der Waals surface area contributed by atoms with Crippen molar-refractivity contribution in [2.24, 2.45) is 0 Å². The van der Waals surface area contributed by atoms with E-state index in [0.717, 1.165) is 23.3 Å². The first kappa shape index (κ1) is 21.5. The molecule has 4 amide bonds. The topological polar surface area (TPSA) is 78.5 Å². The van der Waals surface area contributed by atoms with Gasteiger partial charge in [0.15, 0.2) is 0 Å². The summed E-state index contributed by atoms with van der Waals surface area (Å²) in [6.07, 6.45) is 2.28. The molecule has 0 aliphatic carbocycles. The molecule has 1 atom stereocenters. The van der Waals surface area contributed by atoms with Crippen molar-refractivity contribution in [1.29, 1.82) is 0 Å². The van der Waals surface area contributed by atoms with Gasteiger partial charge in [-0.3, -0.25) is 14.5 Å². The van der Waals surface area contributed by atoms with Crippen molar-refractivity contribution in [3.05, 3.63) is 71.0 Å². The molecule has 30 heavy (non-hydrogen) atoms. The SMILES string of the molecule is CCCc1ccc([C@@]2(C)NC(=O)N(CC(=O)NCCc3ccccc3F)C2=O)cc1. The van der Waals surface area contributed by atoms with Gasteiger partial charge in [0, 0.05) is 6.54 Å². The molecule has 0 spiro atoms. The Kier molecular flexibility index (Phi) is 6.50. The van der Waals surface area contributed by atoms with Gasteiger partial charge < -0.3 is 10.6 Å². The van der Waals surface area contributed by atoms with Crippen molar-refractivity contribution in [2.45, 2.75) is 38.6 Å². The maximum Gasteiger partial charge on any atom is 0.325 e. The Balaban J connectivity index is 1.60. The zero-order chi connectivity index (χ0) is 21.7. The van der Waals surface area contributed by atoms with E-state index in [1.165, 1.54) is 6.07 Å². The Hall–Kier alpha value is -3.22. The first-order chi connectivity index (χ1) is 14.3. The normalized spacial score (nSPS) is 18.4. The van der Waals surface area contributed by atoms with Crippen molar-refractivity contribution < 1.29 is 18.8 Å². The number of imide groups is 1. The molecule has 2 N–H and O–H groups in total. The Bertz CT molecular complexity index is 945. The van der Waals surface area contributed by atoms with E-state index in [9.17, 15) is 18.8 Å². The Morgan fingerprint density at radius 2 is 1.80 bits per heavy atom. The molecule has 2 aromatic carbocycles. The smallest absolute Gasteiger partial charge is 0.325 e. The summed E-state index contributed by atoms with van der Waals surface area (Å²) < 4.78 is 13.6. The number of aryl methyl sites for hydroxylation is 1. The van der Waals surface area contributed by atoms with Crippen LogP contribution in [0.2, 0.25) is 0 Å². The summed E-state index contributed by atoms with van der Waals surface area (Å²) in [4.78, 5) is 38.5. The average Bonchev–Trinajstić information content (AvgIpc) is 2.94. The lowest BCUT2D eigenvalue weighted by Crippen LogP contribution is -2.43. The Labute approximate surface area is 175 Å². The van der Waals surface area contributed by atoms with Gasteiger partial charge in [-0.2, -0.15) is 0 Å². The van der Waals surface area contributed by atoms with Crippen LogP contribution < -0.4 is 10.6 Å². The number of benzene rings is 2. The molecule has 0 saturated carbocycles. The molecule has 7 heteroatoms. The van der Waals surface area contributed by atoms with Crippen molar-refractivity contribution in [3.8, 4) is 0 Å². The zero-order valence-electron chi connectivity index (χ0n) is 17.2. The summed E-state index contributed by atoms with van der Waals surface area (Å²) in [7, 11) is 0. The van der Waals surface area contributed by atoms with Gasteiger partial charge in [-0.25, -0.2) is 9.18 Å².